The number of hydrogen-bond donors (Lipinski definition) is 1. The van der Waals surface area contributed by atoms with Crippen LogP contribution < -0.4 is 0 Å². The van der Waals surface area contributed by atoms with Crippen LogP contribution in [0.4, 0.5) is 0 Å². The highest BCUT2D eigenvalue weighted by Gasteiger charge is 2.25. The molecule has 2 rings (SSSR count). The molecule has 0 saturated carbocycles. The molecule has 1 N–H and O–H groups in total. The van der Waals surface area contributed by atoms with E-state index in [1.807, 2.05) is 13.1 Å². The quantitative estimate of drug-likeness (QED) is 0.907. The number of hydrogen-bond acceptors (Lipinski definition) is 4. The number of nitrogens with zero attached hydrogens (tertiary/aromatic N) is 2. The molecule has 1 saturated heterocycles. The zero-order valence-electron chi connectivity index (χ0n) is 9.84. The van der Waals surface area contributed by atoms with Crippen LogP contribution in [0.5, 0.6) is 0 Å². The zero-order chi connectivity index (χ0) is 12.3. The van der Waals surface area contributed by atoms with E-state index in [9.17, 15) is 5.11 Å². The molecule has 0 aromatic carbocycles. The maximum atomic E-state index is 10.1. The monoisotopic (exact) mass is 300 g/mol. The second-order valence-corrected chi connectivity index (χ2v) is 5.37. The second kappa shape index (κ2) is 5.91. The molecule has 1 fully saturated rings. The van der Waals surface area contributed by atoms with Crippen molar-refractivity contribution in [1.82, 2.24) is 9.88 Å². The highest BCUT2D eigenvalue weighted by molar-refractivity contribution is 9.10. The smallest absolute Gasteiger partial charge is 0.0964 e. The minimum atomic E-state index is -0.478. The number of aliphatic hydroxyl groups is 1. The Hall–Kier alpha value is -0.490. The Bertz CT molecular complexity index is 375. The Morgan fingerprint density at radius 2 is 2.47 bits per heavy atom. The van der Waals surface area contributed by atoms with Crippen molar-refractivity contribution in [2.75, 3.05) is 26.7 Å². The van der Waals surface area contributed by atoms with Crippen LogP contribution in [0.3, 0.4) is 0 Å². The lowest BCUT2D eigenvalue weighted by atomic mass is 10.0. The maximum Gasteiger partial charge on any atom is 0.0964 e. The number of halogens is 1. The predicted octanol–water partition coefficient (Wildman–Crippen LogP) is 1.08. The van der Waals surface area contributed by atoms with Crippen LogP contribution in [0.25, 0.3) is 0 Å². The number of aliphatic hydroxyl groups excluding tert-OH is 1. The normalized spacial score (nSPS) is 23.6. The molecule has 2 heterocycles. The van der Waals surface area contributed by atoms with Crippen molar-refractivity contribution in [2.24, 2.45) is 0 Å². The average molecular weight is 301 g/mol. The van der Waals surface area contributed by atoms with Gasteiger partial charge in [-0.3, -0.25) is 4.98 Å². The topological polar surface area (TPSA) is 45.6 Å². The number of aromatic nitrogens is 1. The van der Waals surface area contributed by atoms with E-state index in [1.54, 1.807) is 12.4 Å². The van der Waals surface area contributed by atoms with Gasteiger partial charge in [0.1, 0.15) is 0 Å². The molecule has 0 spiro atoms. The fourth-order valence-electron chi connectivity index (χ4n) is 1.98. The summed E-state index contributed by atoms with van der Waals surface area (Å²) in [6.07, 6.45) is 3.51. The van der Waals surface area contributed by atoms with Gasteiger partial charge in [0.05, 0.1) is 18.8 Å². The SMILES string of the molecule is CN1CCOC(C(O)Cc2cncc(Br)c2)C1. The Morgan fingerprint density at radius 3 is 3.18 bits per heavy atom. The molecule has 5 heteroatoms. The first-order chi connectivity index (χ1) is 8.15. The number of rotatable bonds is 3. The van der Waals surface area contributed by atoms with Crippen molar-refractivity contribution in [3.05, 3.63) is 28.5 Å². The highest BCUT2D eigenvalue weighted by Crippen LogP contribution is 2.15. The van der Waals surface area contributed by atoms with E-state index in [4.69, 9.17) is 4.74 Å². The van der Waals surface area contributed by atoms with Gasteiger partial charge >= 0.3 is 0 Å². The molecule has 94 valence electrons. The van der Waals surface area contributed by atoms with E-state index in [0.29, 0.717) is 13.0 Å². The fourth-order valence-corrected chi connectivity index (χ4v) is 2.40. The van der Waals surface area contributed by atoms with Crippen LogP contribution in [-0.4, -0.2) is 53.9 Å². The third-order valence-corrected chi connectivity index (χ3v) is 3.37. The van der Waals surface area contributed by atoms with Crippen molar-refractivity contribution < 1.29 is 9.84 Å². The maximum absolute atomic E-state index is 10.1. The van der Waals surface area contributed by atoms with Gasteiger partial charge < -0.3 is 14.7 Å². The third-order valence-electron chi connectivity index (χ3n) is 2.93. The Kier molecular flexibility index (Phi) is 4.50. The van der Waals surface area contributed by atoms with Crippen LogP contribution >= 0.6 is 15.9 Å². The molecule has 1 aliphatic rings. The number of likely N-dealkylation sites (N-methyl/N-ethyl adjacent to an activating group) is 1. The summed E-state index contributed by atoms with van der Waals surface area (Å²) in [5, 5.41) is 10.1. The van der Waals surface area contributed by atoms with E-state index in [-0.39, 0.29) is 6.10 Å². The molecular formula is C12H17BrN2O2. The summed E-state index contributed by atoms with van der Waals surface area (Å²) in [5.41, 5.74) is 1.02. The molecule has 2 atom stereocenters. The molecule has 4 nitrogen and oxygen atoms in total. The standard InChI is InChI=1S/C12H17BrN2O2/c1-15-2-3-17-12(8-15)11(16)5-9-4-10(13)7-14-6-9/h4,6-7,11-12,16H,2-3,5,8H2,1H3. The van der Waals surface area contributed by atoms with Crippen LogP contribution in [0, 0.1) is 0 Å². The van der Waals surface area contributed by atoms with E-state index < -0.39 is 6.10 Å². The van der Waals surface area contributed by atoms with E-state index in [0.717, 1.165) is 23.1 Å². The number of pyridine rings is 1. The lowest BCUT2D eigenvalue weighted by Crippen LogP contribution is -2.46. The summed E-state index contributed by atoms with van der Waals surface area (Å²) in [7, 11) is 2.04. The molecule has 0 radical (unpaired) electrons. The van der Waals surface area contributed by atoms with Crippen molar-refractivity contribution in [1.29, 1.82) is 0 Å². The van der Waals surface area contributed by atoms with Gasteiger partial charge in [0, 0.05) is 36.4 Å². The van der Waals surface area contributed by atoms with Gasteiger partial charge in [-0.1, -0.05) is 0 Å². The van der Waals surface area contributed by atoms with Gasteiger partial charge in [-0.25, -0.2) is 0 Å². The predicted molar refractivity (Wildman–Crippen MR) is 68.9 cm³/mol. The zero-order valence-corrected chi connectivity index (χ0v) is 11.4. The van der Waals surface area contributed by atoms with E-state index >= 15 is 0 Å². The molecule has 2 unspecified atom stereocenters. The fraction of sp³-hybridized carbons (Fsp3) is 0.583. The second-order valence-electron chi connectivity index (χ2n) is 4.45. The summed E-state index contributed by atoms with van der Waals surface area (Å²) in [6, 6.07) is 1.97. The van der Waals surface area contributed by atoms with Crippen LogP contribution in [-0.2, 0) is 11.2 Å². The first-order valence-electron chi connectivity index (χ1n) is 5.73. The van der Waals surface area contributed by atoms with E-state index in [2.05, 4.69) is 25.8 Å². The molecule has 0 bridgehead atoms. The van der Waals surface area contributed by atoms with Gasteiger partial charge in [-0.2, -0.15) is 0 Å². The highest BCUT2D eigenvalue weighted by atomic mass is 79.9. The number of morpholine rings is 1. The largest absolute Gasteiger partial charge is 0.390 e. The van der Waals surface area contributed by atoms with Crippen LogP contribution in [0.2, 0.25) is 0 Å². The minimum Gasteiger partial charge on any atom is -0.390 e. The molecule has 17 heavy (non-hydrogen) atoms. The Morgan fingerprint density at radius 1 is 1.65 bits per heavy atom. The average Bonchev–Trinajstić information content (AvgIpc) is 2.29. The minimum absolute atomic E-state index is 0.104. The molecule has 0 amide bonds. The number of ether oxygens (including phenoxy) is 1. The third kappa shape index (κ3) is 3.74. The summed E-state index contributed by atoms with van der Waals surface area (Å²) >= 11 is 3.37. The lowest BCUT2D eigenvalue weighted by molar-refractivity contribution is -0.0823. The van der Waals surface area contributed by atoms with Crippen molar-refractivity contribution in [3.8, 4) is 0 Å². The summed E-state index contributed by atoms with van der Waals surface area (Å²) < 4.78 is 6.52. The molecular weight excluding hydrogens is 284 g/mol. The van der Waals surface area contributed by atoms with Gasteiger partial charge in [-0.15, -0.1) is 0 Å². The Balaban J connectivity index is 1.94. The summed E-state index contributed by atoms with van der Waals surface area (Å²) in [4.78, 5) is 6.27. The first kappa shape index (κ1) is 13.0. The van der Waals surface area contributed by atoms with Gasteiger partial charge in [0.2, 0.25) is 0 Å². The molecule has 0 aliphatic carbocycles. The van der Waals surface area contributed by atoms with Gasteiger partial charge in [0.15, 0.2) is 0 Å². The summed E-state index contributed by atoms with van der Waals surface area (Å²) in [5.74, 6) is 0. The first-order valence-corrected chi connectivity index (χ1v) is 6.52. The van der Waals surface area contributed by atoms with Gasteiger partial charge in [-0.05, 0) is 34.6 Å². The lowest BCUT2D eigenvalue weighted by Gasteiger charge is -2.32. The van der Waals surface area contributed by atoms with Crippen molar-refractivity contribution in [3.63, 3.8) is 0 Å². The summed E-state index contributed by atoms with van der Waals surface area (Å²) in [6.45, 7) is 2.40. The van der Waals surface area contributed by atoms with Crippen LogP contribution in [0.15, 0.2) is 22.9 Å². The Labute approximate surface area is 110 Å². The molecule has 1 aromatic rings. The van der Waals surface area contributed by atoms with Crippen LogP contribution in [0.1, 0.15) is 5.56 Å². The molecule has 1 aromatic heterocycles. The van der Waals surface area contributed by atoms with Gasteiger partial charge in [0.25, 0.3) is 0 Å². The van der Waals surface area contributed by atoms with Crippen molar-refractivity contribution >= 4 is 15.9 Å². The van der Waals surface area contributed by atoms with E-state index in [1.165, 1.54) is 0 Å². The molecule has 1 aliphatic heterocycles. The van der Waals surface area contributed by atoms with Crippen molar-refractivity contribution in [2.45, 2.75) is 18.6 Å².